The molecule has 3 rings (SSSR count). The Hall–Kier alpha value is -1.68. The van der Waals surface area contributed by atoms with Crippen LogP contribution in [0, 0.1) is 5.92 Å². The molecule has 0 atom stereocenters. The molecule has 3 nitrogen and oxygen atoms in total. The number of rotatable bonds is 6. The summed E-state index contributed by atoms with van der Waals surface area (Å²) in [5.74, 6) is 0.928. The molecular weight excluding hydrogens is 292 g/mol. The van der Waals surface area contributed by atoms with Crippen molar-refractivity contribution in [3.8, 4) is 11.3 Å². The van der Waals surface area contributed by atoms with Crippen LogP contribution in [-0.2, 0) is 11.3 Å². The maximum absolute atomic E-state index is 12.0. The molecule has 0 aromatic carbocycles. The molecule has 0 aliphatic heterocycles. The fourth-order valence-electron chi connectivity index (χ4n) is 3.16. The van der Waals surface area contributed by atoms with Gasteiger partial charge in [-0.1, -0.05) is 31.7 Å². The van der Waals surface area contributed by atoms with E-state index in [1.165, 1.54) is 25.7 Å². The van der Waals surface area contributed by atoms with Gasteiger partial charge in [-0.2, -0.15) is 11.3 Å². The first-order valence-corrected chi connectivity index (χ1v) is 9.00. The fraction of sp³-hybridized carbons (Fsp3) is 0.444. The average molecular weight is 314 g/mol. The maximum Gasteiger partial charge on any atom is 0.220 e. The zero-order chi connectivity index (χ0) is 15.2. The average Bonchev–Trinajstić information content (AvgIpc) is 3.24. The molecule has 1 aliphatic rings. The van der Waals surface area contributed by atoms with E-state index in [9.17, 15) is 4.79 Å². The second kappa shape index (κ2) is 7.54. The number of pyridine rings is 1. The number of aromatic nitrogens is 1. The Morgan fingerprint density at radius 1 is 1.32 bits per heavy atom. The summed E-state index contributed by atoms with van der Waals surface area (Å²) in [4.78, 5) is 16.5. The molecule has 22 heavy (non-hydrogen) atoms. The van der Waals surface area contributed by atoms with E-state index in [0.717, 1.165) is 29.2 Å². The molecule has 1 N–H and O–H groups in total. The number of thiophene rings is 1. The minimum Gasteiger partial charge on any atom is -0.352 e. The van der Waals surface area contributed by atoms with Gasteiger partial charge in [0, 0.05) is 30.1 Å². The third-order valence-corrected chi connectivity index (χ3v) is 5.10. The Balaban J connectivity index is 1.54. The predicted octanol–water partition coefficient (Wildman–Crippen LogP) is 4.40. The van der Waals surface area contributed by atoms with Crippen molar-refractivity contribution in [1.29, 1.82) is 0 Å². The summed E-state index contributed by atoms with van der Waals surface area (Å²) in [5.41, 5.74) is 3.18. The van der Waals surface area contributed by atoms with Crippen LogP contribution in [-0.4, -0.2) is 10.9 Å². The molecule has 1 amide bonds. The van der Waals surface area contributed by atoms with Gasteiger partial charge >= 0.3 is 0 Å². The van der Waals surface area contributed by atoms with Crippen LogP contribution in [0.25, 0.3) is 11.3 Å². The monoisotopic (exact) mass is 314 g/mol. The van der Waals surface area contributed by atoms with Crippen LogP contribution in [0.15, 0.2) is 35.2 Å². The first kappa shape index (κ1) is 15.2. The minimum atomic E-state index is 0.159. The summed E-state index contributed by atoms with van der Waals surface area (Å²) in [6.07, 6.45) is 8.78. The highest BCUT2D eigenvalue weighted by molar-refractivity contribution is 7.08. The first-order valence-electron chi connectivity index (χ1n) is 8.06. The SMILES string of the molecule is O=C(CCC1CCCC1)NCc1cccnc1-c1ccsc1. The highest BCUT2D eigenvalue weighted by Gasteiger charge is 2.16. The Bertz CT molecular complexity index is 603. The molecule has 2 aromatic rings. The number of carbonyl (C=O) groups excluding carboxylic acids is 1. The predicted molar refractivity (Wildman–Crippen MR) is 90.6 cm³/mol. The highest BCUT2D eigenvalue weighted by Crippen LogP contribution is 2.28. The zero-order valence-corrected chi connectivity index (χ0v) is 13.6. The molecule has 0 unspecified atom stereocenters. The molecule has 0 spiro atoms. The number of nitrogens with zero attached hydrogens (tertiary/aromatic N) is 1. The molecule has 1 aliphatic carbocycles. The lowest BCUT2D eigenvalue weighted by Crippen LogP contribution is -2.23. The summed E-state index contributed by atoms with van der Waals surface area (Å²) in [6, 6.07) is 6.03. The van der Waals surface area contributed by atoms with Gasteiger partial charge in [-0.25, -0.2) is 0 Å². The third-order valence-electron chi connectivity index (χ3n) is 4.42. The third kappa shape index (κ3) is 3.95. The Morgan fingerprint density at radius 3 is 2.95 bits per heavy atom. The Morgan fingerprint density at radius 2 is 2.18 bits per heavy atom. The molecule has 116 valence electrons. The van der Waals surface area contributed by atoms with Gasteiger partial charge < -0.3 is 5.32 Å². The second-order valence-electron chi connectivity index (χ2n) is 5.99. The van der Waals surface area contributed by atoms with Crippen molar-refractivity contribution in [2.45, 2.75) is 45.1 Å². The van der Waals surface area contributed by atoms with Gasteiger partial charge in [-0.3, -0.25) is 9.78 Å². The lowest BCUT2D eigenvalue weighted by atomic mass is 10.0. The smallest absolute Gasteiger partial charge is 0.220 e. The van der Waals surface area contributed by atoms with E-state index in [0.29, 0.717) is 13.0 Å². The summed E-state index contributed by atoms with van der Waals surface area (Å²) in [5, 5.41) is 7.19. The standard InChI is InChI=1S/C18H22N2OS/c21-17(8-7-14-4-1-2-5-14)20-12-15-6-3-10-19-18(15)16-9-11-22-13-16/h3,6,9-11,13-14H,1-2,4-5,7-8,12H2,(H,20,21). The van der Waals surface area contributed by atoms with Crippen LogP contribution < -0.4 is 5.32 Å². The van der Waals surface area contributed by atoms with E-state index in [-0.39, 0.29) is 5.91 Å². The van der Waals surface area contributed by atoms with Crippen molar-refractivity contribution < 1.29 is 4.79 Å². The molecule has 2 heterocycles. The molecule has 4 heteroatoms. The van der Waals surface area contributed by atoms with Gasteiger partial charge in [0.05, 0.1) is 5.69 Å². The lowest BCUT2D eigenvalue weighted by Gasteiger charge is -2.11. The number of hydrogen-bond acceptors (Lipinski definition) is 3. The molecular formula is C18H22N2OS. The van der Waals surface area contributed by atoms with E-state index in [1.807, 2.05) is 17.5 Å². The quantitative estimate of drug-likeness (QED) is 0.859. The van der Waals surface area contributed by atoms with Crippen LogP contribution in [0.4, 0.5) is 0 Å². The summed E-state index contributed by atoms with van der Waals surface area (Å²) in [6.45, 7) is 0.558. The Labute approximate surface area is 135 Å². The van der Waals surface area contributed by atoms with E-state index in [1.54, 1.807) is 17.5 Å². The van der Waals surface area contributed by atoms with Crippen molar-refractivity contribution in [3.05, 3.63) is 40.7 Å². The van der Waals surface area contributed by atoms with Crippen LogP contribution in [0.5, 0.6) is 0 Å². The normalized spacial score (nSPS) is 15.1. The first-order chi connectivity index (χ1) is 10.8. The molecule has 0 saturated heterocycles. The molecule has 1 saturated carbocycles. The highest BCUT2D eigenvalue weighted by atomic mass is 32.1. The van der Waals surface area contributed by atoms with Crippen molar-refractivity contribution >= 4 is 17.2 Å². The molecule has 0 radical (unpaired) electrons. The number of hydrogen-bond donors (Lipinski definition) is 1. The Kier molecular flexibility index (Phi) is 5.22. The van der Waals surface area contributed by atoms with Gasteiger partial charge in [0.25, 0.3) is 0 Å². The van der Waals surface area contributed by atoms with Crippen LogP contribution in [0.2, 0.25) is 0 Å². The van der Waals surface area contributed by atoms with Gasteiger partial charge in [0.2, 0.25) is 5.91 Å². The van der Waals surface area contributed by atoms with Crippen molar-refractivity contribution in [2.24, 2.45) is 5.92 Å². The van der Waals surface area contributed by atoms with Crippen LogP contribution in [0.1, 0.15) is 44.1 Å². The summed E-state index contributed by atoms with van der Waals surface area (Å²) in [7, 11) is 0. The van der Waals surface area contributed by atoms with E-state index in [2.05, 4.69) is 21.7 Å². The van der Waals surface area contributed by atoms with Crippen LogP contribution >= 0.6 is 11.3 Å². The van der Waals surface area contributed by atoms with Crippen molar-refractivity contribution in [3.63, 3.8) is 0 Å². The van der Waals surface area contributed by atoms with Gasteiger partial charge in [-0.15, -0.1) is 0 Å². The van der Waals surface area contributed by atoms with Gasteiger partial charge in [0.15, 0.2) is 0 Å². The largest absolute Gasteiger partial charge is 0.352 e. The van der Waals surface area contributed by atoms with E-state index in [4.69, 9.17) is 0 Å². The van der Waals surface area contributed by atoms with Crippen molar-refractivity contribution in [1.82, 2.24) is 10.3 Å². The number of nitrogens with one attached hydrogen (secondary N) is 1. The number of carbonyl (C=O) groups is 1. The van der Waals surface area contributed by atoms with Crippen LogP contribution in [0.3, 0.4) is 0 Å². The topological polar surface area (TPSA) is 42.0 Å². The maximum atomic E-state index is 12.0. The summed E-state index contributed by atoms with van der Waals surface area (Å²) < 4.78 is 0. The lowest BCUT2D eigenvalue weighted by molar-refractivity contribution is -0.121. The molecule has 2 aromatic heterocycles. The van der Waals surface area contributed by atoms with Gasteiger partial charge in [0.1, 0.15) is 0 Å². The number of amides is 1. The molecule has 0 bridgehead atoms. The van der Waals surface area contributed by atoms with Gasteiger partial charge in [-0.05, 0) is 35.4 Å². The zero-order valence-electron chi connectivity index (χ0n) is 12.8. The minimum absolute atomic E-state index is 0.159. The summed E-state index contributed by atoms with van der Waals surface area (Å²) >= 11 is 1.66. The second-order valence-corrected chi connectivity index (χ2v) is 6.77. The van der Waals surface area contributed by atoms with E-state index >= 15 is 0 Å². The van der Waals surface area contributed by atoms with Crippen molar-refractivity contribution in [2.75, 3.05) is 0 Å². The fourth-order valence-corrected chi connectivity index (χ4v) is 3.80. The molecule has 1 fully saturated rings. The van der Waals surface area contributed by atoms with E-state index < -0.39 is 0 Å².